The van der Waals surface area contributed by atoms with Gasteiger partial charge in [-0.25, -0.2) is 4.39 Å². The number of aryl methyl sites for hydroxylation is 1. The Morgan fingerprint density at radius 1 is 1.00 bits per heavy atom. The second-order valence-electron chi connectivity index (χ2n) is 12.0. The molecule has 0 unspecified atom stereocenters. The number of carbonyl (C=O) groups excluding carboxylic acids is 2. The Morgan fingerprint density at radius 2 is 1.82 bits per heavy atom. The first kappa shape index (κ1) is 33.3. The summed E-state index contributed by atoms with van der Waals surface area (Å²) in [5.74, 6) is -1.09. The Balaban J connectivity index is 1.06. The number of aromatic nitrogens is 2. The lowest BCUT2D eigenvalue weighted by molar-refractivity contribution is -0.120. The van der Waals surface area contributed by atoms with E-state index in [2.05, 4.69) is 21.3 Å². The number of amides is 2. The molecular weight excluding hydrogens is 658 g/mol. The monoisotopic (exact) mass is 693 g/mol. The second-order valence-corrected chi connectivity index (χ2v) is 13.1. The van der Waals surface area contributed by atoms with Crippen molar-refractivity contribution in [1.82, 2.24) is 14.9 Å². The molecule has 5 aromatic rings. The van der Waals surface area contributed by atoms with E-state index in [1.807, 2.05) is 49.5 Å². The fourth-order valence-corrected chi connectivity index (χ4v) is 7.03. The number of anilines is 2. The molecule has 5 heterocycles. The van der Waals surface area contributed by atoms with E-state index in [9.17, 15) is 9.59 Å². The summed E-state index contributed by atoms with van der Waals surface area (Å²) < 4.78 is 33.4. The van der Waals surface area contributed by atoms with E-state index in [-0.39, 0.29) is 17.0 Å². The van der Waals surface area contributed by atoms with Crippen molar-refractivity contribution < 1.29 is 28.2 Å². The van der Waals surface area contributed by atoms with Crippen LogP contribution in [-0.2, 0) is 25.6 Å². The summed E-state index contributed by atoms with van der Waals surface area (Å²) in [5, 5.41) is 2.68. The highest BCUT2D eigenvalue weighted by Gasteiger charge is 2.34. The summed E-state index contributed by atoms with van der Waals surface area (Å²) in [7, 11) is 0. The highest BCUT2D eigenvalue weighted by atomic mass is 32.1. The van der Waals surface area contributed by atoms with E-state index < -0.39 is 17.6 Å². The molecule has 0 atom stereocenters. The number of rotatable bonds is 10. The maximum atomic E-state index is 15.5. The van der Waals surface area contributed by atoms with Gasteiger partial charge in [0, 0.05) is 68.5 Å². The minimum absolute atomic E-state index is 0.0236. The molecule has 0 spiro atoms. The number of fused-ring (bicyclic) bond motifs is 1. The number of morpholine rings is 1. The molecule has 2 aromatic carbocycles. The average molecular weight is 694 g/mol. The third kappa shape index (κ3) is 7.23. The Morgan fingerprint density at radius 3 is 2.56 bits per heavy atom. The number of hydrogen-bond acceptors (Lipinski definition) is 9. The Bertz CT molecular complexity index is 2060. The lowest BCUT2D eigenvalue weighted by atomic mass is 10.0. The third-order valence-corrected chi connectivity index (χ3v) is 9.73. The number of halogens is 1. The molecule has 10 nitrogen and oxygen atoms in total. The molecule has 2 aliphatic heterocycles. The van der Waals surface area contributed by atoms with Gasteiger partial charge in [-0.3, -0.25) is 24.5 Å². The van der Waals surface area contributed by atoms with Crippen molar-refractivity contribution in [3.63, 3.8) is 0 Å². The molecule has 7 rings (SSSR count). The quantitative estimate of drug-likeness (QED) is 0.155. The first-order valence-electron chi connectivity index (χ1n) is 16.5. The number of thiophene rings is 1. The van der Waals surface area contributed by atoms with Gasteiger partial charge in [0.15, 0.2) is 11.6 Å². The van der Waals surface area contributed by atoms with Gasteiger partial charge in [0.2, 0.25) is 0 Å². The third-order valence-electron chi connectivity index (χ3n) is 8.56. The van der Waals surface area contributed by atoms with Crippen LogP contribution < -0.4 is 15.0 Å². The van der Waals surface area contributed by atoms with Gasteiger partial charge in [0.25, 0.3) is 11.8 Å². The molecule has 1 fully saturated rings. The molecule has 0 aliphatic carbocycles. The summed E-state index contributed by atoms with van der Waals surface area (Å²) in [6, 6.07) is 19.4. The fourth-order valence-electron chi connectivity index (χ4n) is 5.98. The Kier molecular flexibility index (Phi) is 9.83. The number of pyridine rings is 2. The van der Waals surface area contributed by atoms with Gasteiger partial charge >= 0.3 is 0 Å². The standard InChI is InChI=1S/C38H36FN5O5S/c1-3-48-32-13-15-44(27-8-4-24(2)5-9-27)38(46)35(32)37(45)42-26-7-11-31(28(39)20-26)49-33-12-14-40-30-21-34(50-36(30)33)29-10-6-25(22-41-29)23-43-16-18-47-19-17-43/h4-12,14,20-22H,3,13,15-19,23H2,1-2H3,(H,42,45). The number of nitrogens with one attached hydrogen (secondary N) is 1. The summed E-state index contributed by atoms with van der Waals surface area (Å²) in [6.45, 7) is 8.58. The largest absolute Gasteiger partial charge is 0.497 e. The van der Waals surface area contributed by atoms with E-state index in [4.69, 9.17) is 19.2 Å². The molecule has 3 aromatic heterocycles. The molecule has 0 radical (unpaired) electrons. The molecule has 0 bridgehead atoms. The molecule has 1 N–H and O–H groups in total. The van der Waals surface area contributed by atoms with Gasteiger partial charge in [0.05, 0.1) is 40.6 Å². The summed E-state index contributed by atoms with van der Waals surface area (Å²) in [5.41, 5.74) is 4.47. The van der Waals surface area contributed by atoms with Crippen molar-refractivity contribution in [2.24, 2.45) is 0 Å². The van der Waals surface area contributed by atoms with E-state index in [1.165, 1.54) is 29.5 Å². The smallest absolute Gasteiger partial charge is 0.267 e. The van der Waals surface area contributed by atoms with Crippen LogP contribution in [0.5, 0.6) is 11.5 Å². The van der Waals surface area contributed by atoms with Gasteiger partial charge in [-0.05, 0) is 55.8 Å². The minimum atomic E-state index is -0.683. The molecule has 2 aliphatic rings. The Hall–Kier alpha value is -5.17. The SMILES string of the molecule is CCOC1=C(C(=O)Nc2ccc(Oc3ccnc4cc(-c5ccc(CN6CCOCC6)cn5)sc34)c(F)c2)C(=O)N(c2ccc(C)cc2)CC1. The van der Waals surface area contributed by atoms with Crippen molar-refractivity contribution in [3.05, 3.63) is 107 Å². The lowest BCUT2D eigenvalue weighted by Crippen LogP contribution is -2.41. The van der Waals surface area contributed by atoms with Crippen LogP contribution in [0.4, 0.5) is 15.8 Å². The van der Waals surface area contributed by atoms with Crippen molar-refractivity contribution in [2.75, 3.05) is 49.7 Å². The van der Waals surface area contributed by atoms with Gasteiger partial charge in [-0.2, -0.15) is 0 Å². The zero-order valence-corrected chi connectivity index (χ0v) is 28.6. The molecule has 256 valence electrons. The van der Waals surface area contributed by atoms with E-state index in [0.29, 0.717) is 42.3 Å². The fraction of sp³-hybridized carbons (Fsp3) is 0.263. The van der Waals surface area contributed by atoms with Crippen LogP contribution in [0, 0.1) is 12.7 Å². The molecule has 1 saturated heterocycles. The predicted molar refractivity (Wildman–Crippen MR) is 191 cm³/mol. The molecule has 2 amide bonds. The van der Waals surface area contributed by atoms with Crippen LogP contribution in [0.15, 0.2) is 90.5 Å². The first-order valence-corrected chi connectivity index (χ1v) is 17.3. The number of carbonyl (C=O) groups is 2. The van der Waals surface area contributed by atoms with Crippen LogP contribution in [0.3, 0.4) is 0 Å². The number of nitrogens with zero attached hydrogens (tertiary/aromatic N) is 4. The zero-order chi connectivity index (χ0) is 34.6. The minimum Gasteiger partial charge on any atom is -0.497 e. The van der Waals surface area contributed by atoms with Crippen molar-refractivity contribution in [2.45, 2.75) is 26.8 Å². The molecule has 0 saturated carbocycles. The van der Waals surface area contributed by atoms with Crippen LogP contribution in [0.25, 0.3) is 20.8 Å². The first-order chi connectivity index (χ1) is 24.4. The molecule has 12 heteroatoms. The zero-order valence-electron chi connectivity index (χ0n) is 27.8. The van der Waals surface area contributed by atoms with Crippen LogP contribution >= 0.6 is 11.3 Å². The lowest BCUT2D eigenvalue weighted by Gasteiger charge is -2.30. The van der Waals surface area contributed by atoms with Crippen molar-refractivity contribution in [3.8, 4) is 22.1 Å². The van der Waals surface area contributed by atoms with Gasteiger partial charge in [-0.15, -0.1) is 11.3 Å². The van der Waals surface area contributed by atoms with E-state index >= 15 is 4.39 Å². The average Bonchev–Trinajstić information content (AvgIpc) is 3.56. The van der Waals surface area contributed by atoms with E-state index in [0.717, 1.165) is 59.2 Å². The molecular formula is C38H36FN5O5S. The summed E-state index contributed by atoms with van der Waals surface area (Å²) in [6.07, 6.45) is 3.89. The number of ether oxygens (including phenoxy) is 3. The molecule has 50 heavy (non-hydrogen) atoms. The van der Waals surface area contributed by atoms with Gasteiger partial charge in [0.1, 0.15) is 17.1 Å². The van der Waals surface area contributed by atoms with E-state index in [1.54, 1.807) is 24.1 Å². The predicted octanol–water partition coefficient (Wildman–Crippen LogP) is 7.10. The highest BCUT2D eigenvalue weighted by Crippen LogP contribution is 2.39. The van der Waals surface area contributed by atoms with Crippen molar-refractivity contribution in [1.29, 1.82) is 0 Å². The number of hydrogen-bond donors (Lipinski definition) is 1. The van der Waals surface area contributed by atoms with Crippen LogP contribution in [0.1, 0.15) is 24.5 Å². The van der Waals surface area contributed by atoms with Gasteiger partial charge in [-0.1, -0.05) is 23.8 Å². The second kappa shape index (κ2) is 14.8. The number of benzene rings is 2. The summed E-state index contributed by atoms with van der Waals surface area (Å²) in [4.78, 5) is 41.1. The maximum absolute atomic E-state index is 15.5. The van der Waals surface area contributed by atoms with Crippen LogP contribution in [0.2, 0.25) is 0 Å². The maximum Gasteiger partial charge on any atom is 0.267 e. The van der Waals surface area contributed by atoms with Crippen molar-refractivity contribution >= 4 is 44.7 Å². The highest BCUT2D eigenvalue weighted by molar-refractivity contribution is 7.22. The topological polar surface area (TPSA) is 106 Å². The Labute approximate surface area is 293 Å². The van der Waals surface area contributed by atoms with Crippen LogP contribution in [-0.4, -0.2) is 66.1 Å². The normalized spacial score (nSPS) is 15.4. The summed E-state index contributed by atoms with van der Waals surface area (Å²) >= 11 is 1.47. The van der Waals surface area contributed by atoms with Gasteiger partial charge < -0.3 is 24.4 Å².